The topological polar surface area (TPSA) is 111 Å². The standard InChI is InChI=1S/C31H46N2O5/c1-29-14-11-23(38-28(36)33-22(19-34)17-20-7-5-4-6-8-20)18-21(29)9-10-25-24(29)12-15-30(2)26(27(35)37-3)13-16-31(25,30)32/h4-8,21-26,34H,9-19,32H2,1-3H3,(H,33,36)/t21-,22?,23+,24+,25-,26-,29+,30-,31+/m1/s1. The van der Waals surface area contributed by atoms with E-state index in [-0.39, 0.29) is 47.0 Å². The van der Waals surface area contributed by atoms with E-state index in [4.69, 9.17) is 15.2 Å². The van der Waals surface area contributed by atoms with Crippen molar-refractivity contribution >= 4 is 12.1 Å². The largest absolute Gasteiger partial charge is 0.469 e. The number of carbonyl (C=O) groups excluding carboxylic acids is 2. The summed E-state index contributed by atoms with van der Waals surface area (Å²) in [5, 5.41) is 12.7. The van der Waals surface area contributed by atoms with Gasteiger partial charge in [-0.2, -0.15) is 0 Å². The third-order valence-electron chi connectivity index (χ3n) is 11.6. The van der Waals surface area contributed by atoms with Crippen LogP contribution < -0.4 is 11.1 Å². The Morgan fingerprint density at radius 3 is 2.53 bits per heavy atom. The van der Waals surface area contributed by atoms with Crippen LogP contribution in [0.25, 0.3) is 0 Å². The fourth-order valence-electron chi connectivity index (χ4n) is 9.33. The first kappa shape index (κ1) is 27.4. The number of benzene rings is 1. The molecule has 1 aromatic carbocycles. The molecule has 4 saturated carbocycles. The van der Waals surface area contributed by atoms with Gasteiger partial charge in [0.2, 0.25) is 0 Å². The number of hydrogen-bond donors (Lipinski definition) is 3. The van der Waals surface area contributed by atoms with Gasteiger partial charge in [0.05, 0.1) is 25.7 Å². The van der Waals surface area contributed by atoms with E-state index >= 15 is 0 Å². The van der Waals surface area contributed by atoms with Crippen molar-refractivity contribution in [2.24, 2.45) is 40.2 Å². The molecule has 0 saturated heterocycles. The summed E-state index contributed by atoms with van der Waals surface area (Å²) in [5.74, 6) is 1.26. The highest BCUT2D eigenvalue weighted by atomic mass is 16.6. The fraction of sp³-hybridized carbons (Fsp3) is 0.742. The number of aliphatic hydroxyl groups is 1. The minimum atomic E-state index is -0.434. The van der Waals surface area contributed by atoms with E-state index in [1.54, 1.807) is 0 Å². The van der Waals surface area contributed by atoms with E-state index in [1.807, 2.05) is 30.3 Å². The highest BCUT2D eigenvalue weighted by Gasteiger charge is 2.67. The molecule has 4 aliphatic carbocycles. The van der Waals surface area contributed by atoms with Crippen molar-refractivity contribution in [3.63, 3.8) is 0 Å². The number of nitrogens with two attached hydrogens (primary N) is 1. The van der Waals surface area contributed by atoms with E-state index in [2.05, 4.69) is 19.2 Å². The molecule has 0 aromatic heterocycles. The molecule has 0 aliphatic heterocycles. The van der Waals surface area contributed by atoms with Crippen molar-refractivity contribution in [2.75, 3.05) is 13.7 Å². The average Bonchev–Trinajstić information content (AvgIpc) is 3.19. The second-order valence-electron chi connectivity index (χ2n) is 13.1. The molecule has 4 N–H and O–H groups in total. The molecule has 7 heteroatoms. The Hall–Kier alpha value is -2.12. The Morgan fingerprint density at radius 2 is 1.82 bits per heavy atom. The van der Waals surface area contributed by atoms with Gasteiger partial charge in [-0.15, -0.1) is 0 Å². The van der Waals surface area contributed by atoms with Gasteiger partial charge in [-0.3, -0.25) is 4.79 Å². The molecule has 1 unspecified atom stereocenters. The molecular weight excluding hydrogens is 480 g/mol. The molecule has 4 aliphatic rings. The summed E-state index contributed by atoms with van der Waals surface area (Å²) in [5.41, 5.74) is 8.04. The van der Waals surface area contributed by atoms with E-state index in [9.17, 15) is 14.7 Å². The first-order valence-corrected chi connectivity index (χ1v) is 14.6. The molecule has 0 bridgehead atoms. The number of hydrogen-bond acceptors (Lipinski definition) is 6. The molecule has 0 heterocycles. The molecule has 7 nitrogen and oxygen atoms in total. The zero-order valence-electron chi connectivity index (χ0n) is 23.3. The molecule has 9 atom stereocenters. The Morgan fingerprint density at radius 1 is 1.05 bits per heavy atom. The number of rotatable bonds is 6. The Bertz CT molecular complexity index is 1020. The van der Waals surface area contributed by atoms with Crippen molar-refractivity contribution in [3.8, 4) is 0 Å². The lowest BCUT2D eigenvalue weighted by Gasteiger charge is -2.64. The van der Waals surface area contributed by atoms with Gasteiger partial charge in [-0.05, 0) is 98.4 Å². The van der Waals surface area contributed by atoms with Crippen molar-refractivity contribution in [1.29, 1.82) is 0 Å². The molecule has 1 aromatic rings. The number of fused-ring (bicyclic) bond motifs is 5. The van der Waals surface area contributed by atoms with Gasteiger partial charge < -0.3 is 25.6 Å². The number of ether oxygens (including phenoxy) is 2. The minimum absolute atomic E-state index is 0.0960. The lowest BCUT2D eigenvalue weighted by molar-refractivity contribution is -0.160. The minimum Gasteiger partial charge on any atom is -0.469 e. The van der Waals surface area contributed by atoms with Crippen LogP contribution in [0, 0.1) is 34.5 Å². The van der Waals surface area contributed by atoms with Gasteiger partial charge in [0, 0.05) is 5.54 Å². The zero-order chi connectivity index (χ0) is 27.1. The third kappa shape index (κ3) is 4.53. The van der Waals surface area contributed by atoms with Crippen molar-refractivity contribution < 1.29 is 24.2 Å². The summed E-state index contributed by atoms with van der Waals surface area (Å²) in [6.07, 6.45) is 8.75. The van der Waals surface area contributed by atoms with Crippen LogP contribution in [0.2, 0.25) is 0 Å². The molecule has 210 valence electrons. The van der Waals surface area contributed by atoms with Crippen LogP contribution in [0.4, 0.5) is 4.79 Å². The summed E-state index contributed by atoms with van der Waals surface area (Å²) in [6.45, 7) is 4.56. The van der Waals surface area contributed by atoms with Crippen LogP contribution in [0.1, 0.15) is 77.2 Å². The molecule has 38 heavy (non-hydrogen) atoms. The maximum absolute atomic E-state index is 12.8. The Balaban J connectivity index is 1.21. The molecule has 0 spiro atoms. The SMILES string of the molecule is COC(=O)[C@H]1CC[C@]2(N)[C@@H]3CC[C@@H]4C[C@@H](OC(=O)NC(CO)Cc5ccccc5)CC[C@]4(C)[C@H]3CC[C@]12C. The average molecular weight is 527 g/mol. The number of aliphatic hydroxyl groups excluding tert-OH is 1. The molecule has 4 fully saturated rings. The smallest absolute Gasteiger partial charge is 0.407 e. The molecule has 1 amide bonds. The highest BCUT2D eigenvalue weighted by molar-refractivity contribution is 5.74. The van der Waals surface area contributed by atoms with Crippen LogP contribution in [-0.2, 0) is 20.7 Å². The monoisotopic (exact) mass is 526 g/mol. The maximum atomic E-state index is 12.8. The normalized spacial score (nSPS) is 40.7. The number of amides is 1. The second kappa shape index (κ2) is 10.5. The van der Waals surface area contributed by atoms with Gasteiger partial charge in [0.25, 0.3) is 0 Å². The number of carbonyl (C=O) groups is 2. The lowest BCUT2D eigenvalue weighted by atomic mass is 9.42. The van der Waals surface area contributed by atoms with Crippen molar-refractivity contribution in [3.05, 3.63) is 35.9 Å². The van der Waals surface area contributed by atoms with Crippen molar-refractivity contribution in [2.45, 2.75) is 95.7 Å². The third-order valence-corrected chi connectivity index (χ3v) is 11.6. The first-order chi connectivity index (χ1) is 18.1. The molecule has 0 radical (unpaired) electrons. The fourth-order valence-corrected chi connectivity index (χ4v) is 9.33. The first-order valence-electron chi connectivity index (χ1n) is 14.6. The number of alkyl carbamates (subject to hydrolysis) is 1. The second-order valence-corrected chi connectivity index (χ2v) is 13.1. The van der Waals surface area contributed by atoms with Gasteiger partial charge in [0.15, 0.2) is 0 Å². The summed E-state index contributed by atoms with van der Waals surface area (Å²) >= 11 is 0. The number of nitrogens with one attached hydrogen (secondary N) is 1. The summed E-state index contributed by atoms with van der Waals surface area (Å²) < 4.78 is 11.1. The van der Waals surface area contributed by atoms with Crippen molar-refractivity contribution in [1.82, 2.24) is 5.32 Å². The zero-order valence-corrected chi connectivity index (χ0v) is 23.3. The van der Waals surface area contributed by atoms with E-state index in [1.165, 1.54) is 7.11 Å². The molecule has 5 rings (SSSR count). The van der Waals surface area contributed by atoms with E-state index in [0.717, 1.165) is 63.4 Å². The summed E-state index contributed by atoms with van der Waals surface area (Å²) in [6, 6.07) is 9.49. The lowest BCUT2D eigenvalue weighted by Crippen LogP contribution is -2.66. The maximum Gasteiger partial charge on any atom is 0.407 e. The highest BCUT2D eigenvalue weighted by Crippen LogP contribution is 2.68. The predicted molar refractivity (Wildman–Crippen MR) is 145 cm³/mol. The summed E-state index contributed by atoms with van der Waals surface area (Å²) in [7, 11) is 1.49. The Kier molecular flexibility index (Phi) is 7.55. The van der Waals surface area contributed by atoms with Crippen LogP contribution in [0.5, 0.6) is 0 Å². The van der Waals surface area contributed by atoms with Gasteiger partial charge >= 0.3 is 12.1 Å². The van der Waals surface area contributed by atoms with Gasteiger partial charge in [-0.1, -0.05) is 44.2 Å². The van der Waals surface area contributed by atoms with Gasteiger partial charge in [0.1, 0.15) is 6.10 Å². The number of esters is 1. The van der Waals surface area contributed by atoms with E-state index < -0.39 is 6.09 Å². The van der Waals surface area contributed by atoms with Crippen LogP contribution in [0.3, 0.4) is 0 Å². The van der Waals surface area contributed by atoms with Gasteiger partial charge in [-0.25, -0.2) is 4.79 Å². The summed E-state index contributed by atoms with van der Waals surface area (Å²) in [4.78, 5) is 25.4. The predicted octanol–water partition coefficient (Wildman–Crippen LogP) is 4.60. The Labute approximate surface area is 227 Å². The van der Waals surface area contributed by atoms with Crippen LogP contribution in [-0.4, -0.2) is 48.6 Å². The quantitative estimate of drug-likeness (QED) is 0.467. The van der Waals surface area contributed by atoms with Crippen LogP contribution in [0.15, 0.2) is 30.3 Å². The van der Waals surface area contributed by atoms with Crippen LogP contribution >= 0.6 is 0 Å². The van der Waals surface area contributed by atoms with E-state index in [0.29, 0.717) is 24.2 Å². The number of methoxy groups -OCH3 is 1. The molecular formula is C31H46N2O5.